The van der Waals surface area contributed by atoms with Gasteiger partial charge in [0.25, 0.3) is 0 Å². The van der Waals surface area contributed by atoms with Gasteiger partial charge < -0.3 is 5.73 Å². The number of allylic oxidation sites excluding steroid dienone is 4. The third-order valence-electron chi connectivity index (χ3n) is 11.2. The van der Waals surface area contributed by atoms with Crippen molar-refractivity contribution in [1.82, 2.24) is 0 Å². The van der Waals surface area contributed by atoms with Gasteiger partial charge in [-0.15, -0.1) is 8.58 Å². The van der Waals surface area contributed by atoms with Gasteiger partial charge in [-0.2, -0.15) is 0 Å². The van der Waals surface area contributed by atoms with E-state index in [9.17, 15) is 0 Å². The molecular formula is C38H52NP. The van der Waals surface area contributed by atoms with Crippen LogP contribution in [0.15, 0.2) is 66.3 Å². The Balaban J connectivity index is 1.29. The highest BCUT2D eigenvalue weighted by Crippen LogP contribution is 2.57. The fraction of sp³-hybridized carbons (Fsp3) is 0.579. The molecule has 2 saturated carbocycles. The first-order valence-corrected chi connectivity index (χ1v) is 17.6. The molecule has 2 aromatic rings. The molecule has 2 aromatic carbocycles. The first-order valence-electron chi connectivity index (χ1n) is 16.4. The molecule has 3 fully saturated rings. The third-order valence-corrected chi connectivity index (χ3v) is 13.0. The van der Waals surface area contributed by atoms with Crippen LogP contribution in [0.2, 0.25) is 0 Å². The number of hydrogen-bond acceptors (Lipinski definition) is 1. The number of nitrogens with two attached hydrogens (primary N) is 1. The van der Waals surface area contributed by atoms with Crippen molar-refractivity contribution in [3.63, 3.8) is 0 Å². The summed E-state index contributed by atoms with van der Waals surface area (Å²) in [7, 11) is 1.01. The first kappa shape index (κ1) is 28.4. The Hall–Kier alpha value is -1.69. The Labute approximate surface area is 245 Å². The molecule has 0 aromatic heterocycles. The average Bonchev–Trinajstić information content (AvgIpc) is 3.09. The second-order valence-corrected chi connectivity index (χ2v) is 16.7. The van der Waals surface area contributed by atoms with Crippen molar-refractivity contribution in [3.05, 3.63) is 77.4 Å². The lowest BCUT2D eigenvalue weighted by molar-refractivity contribution is 0.0806. The van der Waals surface area contributed by atoms with E-state index in [0.717, 1.165) is 33.8 Å². The van der Waals surface area contributed by atoms with E-state index in [1.807, 2.05) is 0 Å². The van der Waals surface area contributed by atoms with Gasteiger partial charge in [0.05, 0.1) is 0 Å². The number of hydrogen-bond donors (Lipinski definition) is 1. The Morgan fingerprint density at radius 2 is 1.77 bits per heavy atom. The minimum atomic E-state index is 0.284. The van der Waals surface area contributed by atoms with Crippen molar-refractivity contribution in [2.75, 3.05) is 6.16 Å². The highest BCUT2D eigenvalue weighted by molar-refractivity contribution is 7.40. The van der Waals surface area contributed by atoms with Crippen LogP contribution in [0.1, 0.15) is 115 Å². The summed E-state index contributed by atoms with van der Waals surface area (Å²) in [5, 5.41) is 3.17. The van der Waals surface area contributed by atoms with Crippen LogP contribution in [-0.2, 0) is 0 Å². The highest BCUT2D eigenvalue weighted by Gasteiger charge is 2.45. The van der Waals surface area contributed by atoms with Gasteiger partial charge >= 0.3 is 0 Å². The van der Waals surface area contributed by atoms with Crippen molar-refractivity contribution < 1.29 is 0 Å². The topological polar surface area (TPSA) is 26.0 Å². The normalized spacial score (nSPS) is 31.9. The summed E-state index contributed by atoms with van der Waals surface area (Å²) in [6.45, 7) is 11.6. The summed E-state index contributed by atoms with van der Waals surface area (Å²) in [4.78, 5) is 0. The summed E-state index contributed by atoms with van der Waals surface area (Å²) in [6, 6.07) is 14.8. The molecule has 6 unspecified atom stereocenters. The number of fused-ring (bicyclic) bond motifs is 3. The SMILES string of the molecule is C=C1CC(C)(C)PCC1c1ccc2cc(C3=CC=C(CC(N)CC)C(C45CCCCC(CCC4)C5)C3)ccc2c1. The van der Waals surface area contributed by atoms with E-state index >= 15 is 0 Å². The van der Waals surface area contributed by atoms with E-state index in [2.05, 4.69) is 75.9 Å². The molecule has 2 heteroatoms. The summed E-state index contributed by atoms with van der Waals surface area (Å²) < 4.78 is 0. The maximum atomic E-state index is 6.58. The van der Waals surface area contributed by atoms with Crippen LogP contribution in [0.4, 0.5) is 0 Å². The van der Waals surface area contributed by atoms with Crippen molar-refractivity contribution in [1.29, 1.82) is 0 Å². The molecule has 1 saturated heterocycles. The third kappa shape index (κ3) is 5.80. The van der Waals surface area contributed by atoms with Crippen LogP contribution in [-0.4, -0.2) is 17.4 Å². The summed E-state index contributed by atoms with van der Waals surface area (Å²) >= 11 is 0. The van der Waals surface area contributed by atoms with E-state index < -0.39 is 0 Å². The van der Waals surface area contributed by atoms with Gasteiger partial charge in [0.15, 0.2) is 0 Å². The molecular weight excluding hydrogens is 501 g/mol. The number of benzene rings is 2. The minimum Gasteiger partial charge on any atom is -0.327 e. The predicted octanol–water partition coefficient (Wildman–Crippen LogP) is 10.5. The minimum absolute atomic E-state index is 0.284. The molecule has 0 amide bonds. The maximum absolute atomic E-state index is 6.58. The van der Waals surface area contributed by atoms with E-state index in [-0.39, 0.29) is 6.04 Å². The zero-order valence-corrected chi connectivity index (χ0v) is 26.4. The van der Waals surface area contributed by atoms with Gasteiger partial charge in [-0.25, -0.2) is 0 Å². The molecule has 214 valence electrons. The molecule has 4 aliphatic rings. The lowest BCUT2D eigenvalue weighted by atomic mass is 9.57. The van der Waals surface area contributed by atoms with E-state index in [1.165, 1.54) is 97.0 Å². The van der Waals surface area contributed by atoms with Gasteiger partial charge in [-0.1, -0.05) is 113 Å². The van der Waals surface area contributed by atoms with E-state index in [0.29, 0.717) is 22.4 Å². The van der Waals surface area contributed by atoms with Gasteiger partial charge in [0.2, 0.25) is 0 Å². The molecule has 0 spiro atoms. The molecule has 0 radical (unpaired) electrons. The smallest absolute Gasteiger partial charge is 0.00831 e. The Kier molecular flexibility index (Phi) is 8.20. The van der Waals surface area contributed by atoms with Gasteiger partial charge in [-0.05, 0) is 107 Å². The average molecular weight is 554 g/mol. The standard InChI is InChI=1S/C38H52NP/c1-5-34(39)21-33-16-14-31(22-36(33)38-17-7-6-9-27(24-38)10-8-18-38)29-11-12-30-20-32(15-13-28(30)19-29)35-25-40-37(3,4)23-26(35)2/h11-16,19-20,27,34-36,40H,2,5-10,17-18,21-25,39H2,1,3-4H3. The van der Waals surface area contributed by atoms with Crippen molar-refractivity contribution >= 4 is 24.9 Å². The van der Waals surface area contributed by atoms with Crippen LogP contribution in [0.25, 0.3) is 16.3 Å². The van der Waals surface area contributed by atoms with Crippen molar-refractivity contribution in [2.24, 2.45) is 23.0 Å². The zero-order valence-electron chi connectivity index (χ0n) is 25.4. The maximum Gasteiger partial charge on any atom is 0.00831 e. The Morgan fingerprint density at radius 3 is 2.60 bits per heavy atom. The molecule has 40 heavy (non-hydrogen) atoms. The van der Waals surface area contributed by atoms with Crippen LogP contribution < -0.4 is 5.73 Å². The molecule has 3 aliphatic carbocycles. The summed E-state index contributed by atoms with van der Waals surface area (Å²) in [6.07, 6.45) is 22.2. The second kappa shape index (κ2) is 11.5. The van der Waals surface area contributed by atoms with Crippen molar-refractivity contribution in [2.45, 2.75) is 115 Å². The largest absolute Gasteiger partial charge is 0.327 e. The summed E-state index contributed by atoms with van der Waals surface area (Å²) in [5.41, 5.74) is 14.6. The van der Waals surface area contributed by atoms with Crippen LogP contribution in [0.3, 0.4) is 0 Å². The van der Waals surface area contributed by atoms with Gasteiger partial charge in [-0.3, -0.25) is 0 Å². The monoisotopic (exact) mass is 553 g/mol. The molecule has 2 N–H and O–H groups in total. The predicted molar refractivity (Wildman–Crippen MR) is 178 cm³/mol. The van der Waals surface area contributed by atoms with Crippen LogP contribution in [0, 0.1) is 17.3 Å². The second-order valence-electron chi connectivity index (χ2n) is 14.6. The fourth-order valence-electron chi connectivity index (χ4n) is 8.93. The molecule has 1 heterocycles. The van der Waals surface area contributed by atoms with Crippen molar-refractivity contribution in [3.8, 4) is 0 Å². The Morgan fingerprint density at radius 1 is 1.00 bits per heavy atom. The van der Waals surface area contributed by atoms with Crippen LogP contribution >= 0.6 is 8.58 Å². The number of rotatable bonds is 6. The van der Waals surface area contributed by atoms with Gasteiger partial charge in [0, 0.05) is 12.0 Å². The first-order chi connectivity index (χ1) is 19.2. The molecule has 6 rings (SSSR count). The molecule has 2 bridgehead atoms. The highest BCUT2D eigenvalue weighted by atomic mass is 31.1. The fourth-order valence-corrected chi connectivity index (χ4v) is 10.6. The zero-order chi connectivity index (χ0) is 27.9. The molecule has 1 aliphatic heterocycles. The lowest BCUT2D eigenvalue weighted by Crippen LogP contribution is -2.38. The van der Waals surface area contributed by atoms with E-state index in [1.54, 1.807) is 5.57 Å². The molecule has 1 nitrogen and oxygen atoms in total. The molecule has 6 atom stereocenters. The van der Waals surface area contributed by atoms with Crippen LogP contribution in [0.5, 0.6) is 0 Å². The Bertz CT molecular complexity index is 1310. The lowest BCUT2D eigenvalue weighted by Gasteiger charge is -2.48. The quantitative estimate of drug-likeness (QED) is 0.279. The van der Waals surface area contributed by atoms with Gasteiger partial charge in [0.1, 0.15) is 0 Å². The van der Waals surface area contributed by atoms with E-state index in [4.69, 9.17) is 5.73 Å². The summed E-state index contributed by atoms with van der Waals surface area (Å²) in [5.74, 6) is 2.13.